The second-order valence-electron chi connectivity index (χ2n) is 8.42. The predicted octanol–water partition coefficient (Wildman–Crippen LogP) is 2.57. The first-order valence-corrected chi connectivity index (χ1v) is 10.4. The lowest BCUT2D eigenvalue weighted by molar-refractivity contribution is -0.192. The molecule has 3 heterocycles. The molecule has 11 heteroatoms. The van der Waals surface area contributed by atoms with Gasteiger partial charge in [0.1, 0.15) is 11.9 Å². The number of aromatic nitrogens is 1. The summed E-state index contributed by atoms with van der Waals surface area (Å²) in [5.41, 5.74) is 2.16. The van der Waals surface area contributed by atoms with Crippen molar-refractivity contribution >= 4 is 11.9 Å². The lowest BCUT2D eigenvalue weighted by Crippen LogP contribution is -2.45. The Hall–Kier alpha value is -2.14. The Balaban J connectivity index is 0.000000339. The van der Waals surface area contributed by atoms with Crippen molar-refractivity contribution in [1.82, 2.24) is 15.4 Å². The number of ether oxygens (including phenoxy) is 1. The van der Waals surface area contributed by atoms with E-state index in [9.17, 15) is 18.0 Å². The lowest BCUT2D eigenvalue weighted by atomic mass is 9.90. The molecule has 1 aromatic heterocycles. The topological polar surface area (TPSA) is 105 Å². The number of hydrogen-bond acceptors (Lipinski definition) is 6. The molecule has 1 aromatic rings. The number of nitrogens with one attached hydrogen (secondary N) is 1. The molecule has 174 valence electrons. The summed E-state index contributed by atoms with van der Waals surface area (Å²) in [6, 6.07) is 0.389. The molecule has 1 aliphatic carbocycles. The van der Waals surface area contributed by atoms with Crippen molar-refractivity contribution in [3.8, 4) is 0 Å². The van der Waals surface area contributed by atoms with Crippen molar-refractivity contribution in [1.29, 1.82) is 0 Å². The quantitative estimate of drug-likeness (QED) is 0.731. The van der Waals surface area contributed by atoms with Gasteiger partial charge in [0.25, 0.3) is 0 Å². The number of fused-ring (bicyclic) bond motifs is 1. The summed E-state index contributed by atoms with van der Waals surface area (Å²) in [5, 5.41) is 14.3. The third kappa shape index (κ3) is 5.97. The number of hydrogen-bond donors (Lipinski definition) is 2. The Morgan fingerprint density at radius 2 is 1.94 bits per heavy atom. The third-order valence-corrected chi connectivity index (χ3v) is 6.19. The molecule has 1 amide bonds. The first-order chi connectivity index (χ1) is 14.5. The van der Waals surface area contributed by atoms with Crippen LogP contribution in [0.1, 0.15) is 49.1 Å². The zero-order chi connectivity index (χ0) is 22.8. The number of amides is 1. The molecule has 0 unspecified atom stereocenters. The van der Waals surface area contributed by atoms with Crippen molar-refractivity contribution in [2.75, 3.05) is 13.1 Å². The van der Waals surface area contributed by atoms with E-state index >= 15 is 0 Å². The molecule has 2 N–H and O–H groups in total. The lowest BCUT2D eigenvalue weighted by Gasteiger charge is -2.33. The number of piperidine rings is 1. The maximum atomic E-state index is 12.3. The SMILES string of the molecule is Cc1noc(C)c1CN1CC[C@H]2C[C@H](C(=O)NC3CCC3)O[C@H]2C1.O=C(O)C(F)(F)F. The highest BCUT2D eigenvalue weighted by atomic mass is 19.4. The van der Waals surface area contributed by atoms with Crippen molar-refractivity contribution in [3.63, 3.8) is 0 Å². The monoisotopic (exact) mass is 447 g/mol. The van der Waals surface area contributed by atoms with Gasteiger partial charge in [0, 0.05) is 24.7 Å². The molecule has 3 fully saturated rings. The summed E-state index contributed by atoms with van der Waals surface area (Å²) in [7, 11) is 0. The van der Waals surface area contributed by atoms with Gasteiger partial charge in [-0.05, 0) is 58.4 Å². The predicted molar refractivity (Wildman–Crippen MR) is 102 cm³/mol. The summed E-state index contributed by atoms with van der Waals surface area (Å²) in [6.07, 6.45) is 0.297. The molecule has 0 aromatic carbocycles. The average molecular weight is 447 g/mol. The summed E-state index contributed by atoms with van der Waals surface area (Å²) < 4.78 is 43.1. The van der Waals surface area contributed by atoms with E-state index in [1.165, 1.54) is 12.0 Å². The number of carbonyl (C=O) groups excluding carboxylic acids is 1. The first kappa shape index (κ1) is 23.5. The Morgan fingerprint density at radius 3 is 2.45 bits per heavy atom. The van der Waals surface area contributed by atoms with Crippen LogP contribution in [0.5, 0.6) is 0 Å². The number of likely N-dealkylation sites (tertiary alicyclic amines) is 1. The molecule has 2 aliphatic heterocycles. The number of aryl methyl sites for hydroxylation is 2. The Morgan fingerprint density at radius 1 is 1.26 bits per heavy atom. The number of rotatable bonds is 4. The Bertz CT molecular complexity index is 774. The van der Waals surface area contributed by atoms with Gasteiger partial charge in [-0.15, -0.1) is 0 Å². The van der Waals surface area contributed by atoms with Crippen molar-refractivity contribution in [2.45, 2.75) is 76.9 Å². The average Bonchev–Trinajstić information content (AvgIpc) is 3.22. The van der Waals surface area contributed by atoms with Crippen LogP contribution in [0.25, 0.3) is 0 Å². The molecule has 8 nitrogen and oxygen atoms in total. The minimum Gasteiger partial charge on any atom is -0.475 e. The van der Waals surface area contributed by atoms with Gasteiger partial charge in [0.15, 0.2) is 0 Å². The fourth-order valence-electron chi connectivity index (χ4n) is 4.10. The number of nitrogens with zero attached hydrogens (tertiary/aromatic N) is 2. The van der Waals surface area contributed by atoms with E-state index in [0.717, 1.165) is 56.8 Å². The van der Waals surface area contributed by atoms with Crippen molar-refractivity contribution in [3.05, 3.63) is 17.0 Å². The van der Waals surface area contributed by atoms with E-state index in [2.05, 4.69) is 15.4 Å². The van der Waals surface area contributed by atoms with Gasteiger partial charge in [0.2, 0.25) is 5.91 Å². The van der Waals surface area contributed by atoms with Crippen LogP contribution in [0.2, 0.25) is 0 Å². The van der Waals surface area contributed by atoms with E-state index in [1.54, 1.807) is 0 Å². The standard InChI is InChI=1S/C18H27N3O3.C2HF3O2/c1-11-15(12(2)24-20-11)9-21-7-6-13-8-16(23-17(13)10-21)18(22)19-14-4-3-5-14;3-2(4,5)1(6)7/h13-14,16-17H,3-10H2,1-2H3,(H,19,22);(H,6,7)/t13-,16+,17-;/m0./s1. The summed E-state index contributed by atoms with van der Waals surface area (Å²) in [4.78, 5) is 23.6. The zero-order valence-corrected chi connectivity index (χ0v) is 17.6. The molecular formula is C20H28F3N3O5. The molecule has 3 aliphatic rings. The van der Waals surface area contributed by atoms with E-state index in [4.69, 9.17) is 19.2 Å². The highest BCUT2D eigenvalue weighted by molar-refractivity contribution is 5.81. The molecule has 31 heavy (non-hydrogen) atoms. The first-order valence-electron chi connectivity index (χ1n) is 10.4. The molecule has 0 radical (unpaired) electrons. The summed E-state index contributed by atoms with van der Waals surface area (Å²) in [6.45, 7) is 6.75. The Labute approximate surface area is 178 Å². The van der Waals surface area contributed by atoms with Gasteiger partial charge in [0.05, 0.1) is 11.8 Å². The van der Waals surface area contributed by atoms with Crippen LogP contribution in [0.4, 0.5) is 13.2 Å². The summed E-state index contributed by atoms with van der Waals surface area (Å²) >= 11 is 0. The van der Waals surface area contributed by atoms with Gasteiger partial charge in [-0.25, -0.2) is 4.79 Å². The van der Waals surface area contributed by atoms with E-state index in [1.807, 2.05) is 13.8 Å². The number of carboxylic acids is 1. The largest absolute Gasteiger partial charge is 0.490 e. The van der Waals surface area contributed by atoms with Crippen LogP contribution in [0.15, 0.2) is 4.52 Å². The van der Waals surface area contributed by atoms with Gasteiger partial charge in [-0.2, -0.15) is 13.2 Å². The van der Waals surface area contributed by atoms with Gasteiger partial charge >= 0.3 is 12.1 Å². The van der Waals surface area contributed by atoms with Crippen LogP contribution in [-0.4, -0.2) is 64.6 Å². The maximum Gasteiger partial charge on any atom is 0.490 e. The van der Waals surface area contributed by atoms with Gasteiger partial charge in [-0.1, -0.05) is 5.16 Å². The fraction of sp³-hybridized carbons (Fsp3) is 0.750. The van der Waals surface area contributed by atoms with Gasteiger partial charge in [-0.3, -0.25) is 9.69 Å². The van der Waals surface area contributed by atoms with Crippen molar-refractivity contribution < 1.29 is 37.1 Å². The molecule has 1 saturated carbocycles. The highest BCUT2D eigenvalue weighted by Gasteiger charge is 2.42. The fourth-order valence-corrected chi connectivity index (χ4v) is 4.10. The van der Waals surface area contributed by atoms with Crippen LogP contribution >= 0.6 is 0 Å². The third-order valence-electron chi connectivity index (χ3n) is 6.19. The number of carboxylic acid groups (broad SMARTS) is 1. The second-order valence-corrected chi connectivity index (χ2v) is 8.42. The molecule has 0 spiro atoms. The molecule has 4 rings (SSSR count). The number of halogens is 3. The minimum absolute atomic E-state index is 0.103. The number of carbonyl (C=O) groups is 2. The second kappa shape index (κ2) is 9.56. The highest BCUT2D eigenvalue weighted by Crippen LogP contribution is 2.34. The van der Waals surface area contributed by atoms with E-state index in [-0.39, 0.29) is 18.1 Å². The smallest absolute Gasteiger partial charge is 0.475 e. The maximum absolute atomic E-state index is 12.3. The van der Waals surface area contributed by atoms with Crippen LogP contribution in [-0.2, 0) is 20.9 Å². The molecule has 0 bridgehead atoms. The molecule has 3 atom stereocenters. The number of alkyl halides is 3. The van der Waals surface area contributed by atoms with Crippen LogP contribution < -0.4 is 5.32 Å². The van der Waals surface area contributed by atoms with Crippen molar-refractivity contribution in [2.24, 2.45) is 5.92 Å². The molecule has 2 saturated heterocycles. The Kier molecular flexibility index (Phi) is 7.25. The zero-order valence-electron chi connectivity index (χ0n) is 17.6. The number of aliphatic carboxylic acids is 1. The molecular weight excluding hydrogens is 419 g/mol. The van der Waals surface area contributed by atoms with Crippen LogP contribution in [0, 0.1) is 19.8 Å². The normalized spacial score (nSPS) is 26.4. The minimum atomic E-state index is -5.08. The van der Waals surface area contributed by atoms with E-state index < -0.39 is 12.1 Å². The van der Waals surface area contributed by atoms with E-state index in [0.29, 0.717) is 12.0 Å². The van der Waals surface area contributed by atoms with Crippen LogP contribution in [0.3, 0.4) is 0 Å². The van der Waals surface area contributed by atoms with Gasteiger partial charge < -0.3 is 19.7 Å². The summed E-state index contributed by atoms with van der Waals surface area (Å²) in [5.74, 6) is -1.23.